The van der Waals surface area contributed by atoms with Gasteiger partial charge >= 0.3 is 0 Å². The van der Waals surface area contributed by atoms with Crippen molar-refractivity contribution in [2.45, 2.75) is 6.54 Å². The number of fused-ring (bicyclic) bond motifs is 1. The van der Waals surface area contributed by atoms with Crippen LogP contribution in [0.4, 0.5) is 5.69 Å². The molecule has 2 aromatic rings. The quantitative estimate of drug-likeness (QED) is 0.776. The van der Waals surface area contributed by atoms with Crippen LogP contribution in [0.5, 0.6) is 11.5 Å². The van der Waals surface area contributed by atoms with Crippen LogP contribution in [-0.4, -0.2) is 60.2 Å². The number of carbonyl (C=O) groups is 1. The number of ether oxygens (including phenoxy) is 2. The van der Waals surface area contributed by atoms with E-state index in [9.17, 15) is 4.79 Å². The number of anilines is 1. The summed E-state index contributed by atoms with van der Waals surface area (Å²) in [6, 6.07) is 7.90. The van der Waals surface area contributed by atoms with E-state index in [0.717, 1.165) is 36.8 Å². The summed E-state index contributed by atoms with van der Waals surface area (Å²) in [5.41, 5.74) is 2.62. The van der Waals surface area contributed by atoms with Gasteiger partial charge in [-0.1, -0.05) is 12.1 Å². The van der Waals surface area contributed by atoms with Crippen LogP contribution >= 0.6 is 0 Å². The molecule has 0 bridgehead atoms. The first-order chi connectivity index (χ1) is 13.7. The molecule has 1 N–H and O–H groups in total. The van der Waals surface area contributed by atoms with Crippen molar-refractivity contribution in [3.8, 4) is 11.5 Å². The van der Waals surface area contributed by atoms with Gasteiger partial charge in [0.05, 0.1) is 11.3 Å². The summed E-state index contributed by atoms with van der Waals surface area (Å²) in [6.45, 7) is 8.52. The lowest BCUT2D eigenvalue weighted by molar-refractivity contribution is 0.0628. The molecule has 1 fully saturated rings. The maximum Gasteiger partial charge on any atom is 0.255 e. The van der Waals surface area contributed by atoms with Gasteiger partial charge in [-0.25, -0.2) is 0 Å². The minimum Gasteiger partial charge on any atom is -0.454 e. The van der Waals surface area contributed by atoms with Gasteiger partial charge in [-0.2, -0.15) is 0 Å². The maximum absolute atomic E-state index is 12.8. The molecular weight excluding hydrogens is 356 g/mol. The number of nitrogens with one attached hydrogen (secondary N) is 1. The maximum atomic E-state index is 12.8. The number of rotatable bonds is 6. The molecule has 3 heterocycles. The molecule has 2 aliphatic rings. The van der Waals surface area contributed by atoms with Crippen molar-refractivity contribution in [3.63, 3.8) is 0 Å². The van der Waals surface area contributed by atoms with E-state index >= 15 is 0 Å². The van der Waals surface area contributed by atoms with Crippen LogP contribution in [0.1, 0.15) is 15.9 Å². The van der Waals surface area contributed by atoms with Crippen LogP contribution in [0, 0.1) is 0 Å². The highest BCUT2D eigenvalue weighted by Crippen LogP contribution is 2.32. The third kappa shape index (κ3) is 4.09. The van der Waals surface area contributed by atoms with E-state index in [1.54, 1.807) is 18.5 Å². The van der Waals surface area contributed by atoms with E-state index < -0.39 is 0 Å². The number of amides is 1. The van der Waals surface area contributed by atoms with E-state index in [2.05, 4.69) is 27.8 Å². The molecule has 1 aromatic carbocycles. The second kappa shape index (κ2) is 8.31. The lowest BCUT2D eigenvalue weighted by atomic mass is 10.1. The van der Waals surface area contributed by atoms with Crippen LogP contribution in [0.15, 0.2) is 49.3 Å². The van der Waals surface area contributed by atoms with Crippen LogP contribution in [0.2, 0.25) is 0 Å². The van der Waals surface area contributed by atoms with Gasteiger partial charge in [-0.3, -0.25) is 14.7 Å². The molecule has 0 radical (unpaired) electrons. The fourth-order valence-corrected chi connectivity index (χ4v) is 3.43. The van der Waals surface area contributed by atoms with Crippen molar-refractivity contribution < 1.29 is 14.3 Å². The number of nitrogens with zero attached hydrogens (tertiary/aromatic N) is 3. The standard InChI is InChI=1S/C21H24N4O3/c1-2-5-23-18-11-17(12-22-13-18)21(26)25-8-6-24(7-9-25)14-16-3-4-19-20(10-16)28-15-27-19/h2-4,10-13,23H,1,5-9,14-15H2. The van der Waals surface area contributed by atoms with Gasteiger partial charge in [0.15, 0.2) is 11.5 Å². The highest BCUT2D eigenvalue weighted by Gasteiger charge is 2.23. The second-order valence-electron chi connectivity index (χ2n) is 6.89. The smallest absolute Gasteiger partial charge is 0.255 e. The van der Waals surface area contributed by atoms with E-state index in [-0.39, 0.29) is 5.91 Å². The molecule has 7 heteroatoms. The molecule has 0 spiro atoms. The Morgan fingerprint density at radius 2 is 1.96 bits per heavy atom. The number of pyridine rings is 1. The van der Waals surface area contributed by atoms with Gasteiger partial charge in [0.1, 0.15) is 0 Å². The predicted octanol–water partition coefficient (Wildman–Crippen LogP) is 2.37. The van der Waals surface area contributed by atoms with Gasteiger partial charge < -0.3 is 19.7 Å². The van der Waals surface area contributed by atoms with Crippen LogP contribution < -0.4 is 14.8 Å². The Morgan fingerprint density at radius 1 is 1.14 bits per heavy atom. The largest absolute Gasteiger partial charge is 0.454 e. The topological polar surface area (TPSA) is 66.9 Å². The van der Waals surface area contributed by atoms with Crippen molar-refractivity contribution in [2.24, 2.45) is 0 Å². The third-order valence-electron chi connectivity index (χ3n) is 4.94. The normalized spacial score (nSPS) is 16.1. The van der Waals surface area contributed by atoms with E-state index in [1.807, 2.05) is 23.1 Å². The fraction of sp³-hybridized carbons (Fsp3) is 0.333. The molecule has 4 rings (SSSR count). The van der Waals surface area contributed by atoms with Crippen molar-refractivity contribution >= 4 is 11.6 Å². The SMILES string of the molecule is C=CCNc1cncc(C(=O)N2CCN(Cc3ccc4c(c3)OCO4)CC2)c1. The Morgan fingerprint density at radius 3 is 2.79 bits per heavy atom. The molecular formula is C21H24N4O3. The summed E-state index contributed by atoms with van der Waals surface area (Å²) >= 11 is 0. The molecule has 146 valence electrons. The Kier molecular flexibility index (Phi) is 5.43. The number of hydrogen-bond donors (Lipinski definition) is 1. The van der Waals surface area contributed by atoms with Gasteiger partial charge in [-0.15, -0.1) is 6.58 Å². The Labute approximate surface area is 164 Å². The average Bonchev–Trinajstić information content (AvgIpc) is 3.20. The zero-order valence-electron chi connectivity index (χ0n) is 15.8. The van der Waals surface area contributed by atoms with Crippen molar-refractivity contribution in [3.05, 3.63) is 60.4 Å². The Hall–Kier alpha value is -3.06. The fourth-order valence-electron chi connectivity index (χ4n) is 3.43. The van der Waals surface area contributed by atoms with Crippen molar-refractivity contribution in [1.29, 1.82) is 0 Å². The van der Waals surface area contributed by atoms with E-state index in [0.29, 0.717) is 32.0 Å². The Balaban J connectivity index is 1.32. The number of benzene rings is 1. The number of carbonyl (C=O) groups excluding carboxylic acids is 1. The van der Waals surface area contributed by atoms with Crippen molar-refractivity contribution in [1.82, 2.24) is 14.8 Å². The van der Waals surface area contributed by atoms with Gasteiger partial charge in [0.25, 0.3) is 5.91 Å². The first kappa shape index (κ1) is 18.3. The first-order valence-electron chi connectivity index (χ1n) is 9.43. The number of aromatic nitrogens is 1. The molecule has 0 aliphatic carbocycles. The van der Waals surface area contributed by atoms with Gasteiger partial charge in [0.2, 0.25) is 6.79 Å². The summed E-state index contributed by atoms with van der Waals surface area (Å²) in [5, 5.41) is 3.17. The molecule has 1 amide bonds. The van der Waals surface area contributed by atoms with Crippen LogP contribution in [0.25, 0.3) is 0 Å². The summed E-state index contributed by atoms with van der Waals surface area (Å²) in [5.74, 6) is 1.64. The lowest BCUT2D eigenvalue weighted by Crippen LogP contribution is -2.48. The zero-order valence-corrected chi connectivity index (χ0v) is 15.8. The summed E-state index contributed by atoms with van der Waals surface area (Å²) < 4.78 is 10.8. The average molecular weight is 380 g/mol. The second-order valence-corrected chi connectivity index (χ2v) is 6.89. The molecule has 0 saturated carbocycles. The molecule has 1 saturated heterocycles. The molecule has 2 aliphatic heterocycles. The predicted molar refractivity (Wildman–Crippen MR) is 107 cm³/mol. The van der Waals surface area contributed by atoms with Gasteiger partial charge in [0, 0.05) is 51.7 Å². The summed E-state index contributed by atoms with van der Waals surface area (Å²) in [4.78, 5) is 21.2. The summed E-state index contributed by atoms with van der Waals surface area (Å²) in [6.07, 6.45) is 5.11. The molecule has 28 heavy (non-hydrogen) atoms. The Bertz CT molecular complexity index is 862. The first-order valence-corrected chi connectivity index (χ1v) is 9.43. The van der Waals surface area contributed by atoms with Crippen molar-refractivity contribution in [2.75, 3.05) is 44.8 Å². The van der Waals surface area contributed by atoms with E-state index in [4.69, 9.17) is 9.47 Å². The molecule has 0 unspecified atom stereocenters. The molecule has 1 aromatic heterocycles. The highest BCUT2D eigenvalue weighted by molar-refractivity contribution is 5.94. The molecule has 7 nitrogen and oxygen atoms in total. The third-order valence-corrected chi connectivity index (χ3v) is 4.94. The minimum absolute atomic E-state index is 0.0254. The number of piperazine rings is 1. The summed E-state index contributed by atoms with van der Waals surface area (Å²) in [7, 11) is 0. The lowest BCUT2D eigenvalue weighted by Gasteiger charge is -2.34. The van der Waals surface area contributed by atoms with Crippen LogP contribution in [0.3, 0.4) is 0 Å². The number of hydrogen-bond acceptors (Lipinski definition) is 6. The van der Waals surface area contributed by atoms with Crippen LogP contribution in [-0.2, 0) is 6.54 Å². The monoisotopic (exact) mass is 380 g/mol. The minimum atomic E-state index is 0.0254. The zero-order chi connectivity index (χ0) is 19.3. The highest BCUT2D eigenvalue weighted by atomic mass is 16.7. The molecule has 0 atom stereocenters. The van der Waals surface area contributed by atoms with Gasteiger partial charge in [-0.05, 0) is 23.8 Å². The van der Waals surface area contributed by atoms with E-state index in [1.165, 1.54) is 5.56 Å².